The number of imidazole rings is 1. The van der Waals surface area contributed by atoms with Gasteiger partial charge in [0.05, 0.1) is 24.6 Å². The van der Waals surface area contributed by atoms with Gasteiger partial charge in [-0.15, -0.1) is 0 Å². The van der Waals surface area contributed by atoms with Gasteiger partial charge in [-0.25, -0.2) is 9.78 Å². The highest BCUT2D eigenvalue weighted by Crippen LogP contribution is 2.29. The predicted molar refractivity (Wildman–Crippen MR) is 125 cm³/mol. The smallest absolute Gasteiger partial charge is 0.354 e. The summed E-state index contributed by atoms with van der Waals surface area (Å²) in [6.07, 6.45) is 2.29. The van der Waals surface area contributed by atoms with Crippen LogP contribution in [0.3, 0.4) is 0 Å². The summed E-state index contributed by atoms with van der Waals surface area (Å²) in [7, 11) is 0. The highest BCUT2D eigenvalue weighted by atomic mass is 35.5. The molecule has 2 heterocycles. The van der Waals surface area contributed by atoms with E-state index in [1.807, 2.05) is 42.5 Å². The van der Waals surface area contributed by atoms with E-state index in [4.69, 9.17) is 20.9 Å². The third-order valence-electron chi connectivity index (χ3n) is 5.46. The number of carbonyl (C=O) groups excluding carboxylic acids is 1. The lowest BCUT2D eigenvalue weighted by Gasteiger charge is -2.15. The Hall–Kier alpha value is -3.91. The van der Waals surface area contributed by atoms with Crippen LogP contribution in [0.5, 0.6) is 0 Å². The Kier molecular flexibility index (Phi) is 6.79. The zero-order chi connectivity index (χ0) is 24.2. The number of esters is 1. The molecular weight excluding hydrogens is 458 g/mol. The Morgan fingerprint density at radius 2 is 1.91 bits per heavy atom. The molecule has 0 bridgehead atoms. The summed E-state index contributed by atoms with van der Waals surface area (Å²) in [4.78, 5) is 27.8. The Morgan fingerprint density at radius 3 is 2.62 bits per heavy atom. The quantitative estimate of drug-likeness (QED) is 0.350. The normalized spacial score (nSPS) is 11.9. The van der Waals surface area contributed by atoms with Crippen molar-refractivity contribution in [3.8, 4) is 11.3 Å². The second-order valence-electron chi connectivity index (χ2n) is 7.81. The molecule has 0 fully saturated rings. The Bertz CT molecular complexity index is 1330. The zero-order valence-corrected chi connectivity index (χ0v) is 19.3. The van der Waals surface area contributed by atoms with Crippen LogP contribution in [0.1, 0.15) is 45.9 Å². The molecule has 0 aliphatic heterocycles. The van der Waals surface area contributed by atoms with Gasteiger partial charge >= 0.3 is 11.9 Å². The van der Waals surface area contributed by atoms with E-state index >= 15 is 0 Å². The lowest BCUT2D eigenvalue weighted by molar-refractivity contribution is -0.147. The molecule has 2 aromatic carbocycles. The number of aromatic nitrogens is 3. The number of hydrogen-bond acceptors (Lipinski definition) is 6. The first kappa shape index (κ1) is 23.3. The van der Waals surface area contributed by atoms with E-state index in [2.05, 4.69) is 10.1 Å². The number of nitrogens with zero attached hydrogens (tertiary/aromatic N) is 3. The van der Waals surface area contributed by atoms with Crippen LogP contribution < -0.4 is 0 Å². The number of hydrogen-bond donors (Lipinski definition) is 1. The van der Waals surface area contributed by atoms with Crippen molar-refractivity contribution in [2.75, 3.05) is 0 Å². The lowest BCUT2D eigenvalue weighted by atomic mass is 10.0. The van der Waals surface area contributed by atoms with Crippen molar-refractivity contribution in [1.82, 2.24) is 14.7 Å². The number of ether oxygens (including phenoxy) is 1. The third-order valence-corrected chi connectivity index (χ3v) is 5.80. The maximum absolute atomic E-state index is 12.7. The average Bonchev–Trinajstić information content (AvgIpc) is 3.41. The molecule has 2 aromatic heterocycles. The molecule has 0 radical (unpaired) electrons. The number of aromatic carboxylic acids is 1. The van der Waals surface area contributed by atoms with Crippen LogP contribution in [0.4, 0.5) is 0 Å². The number of benzene rings is 2. The Balaban J connectivity index is 1.48. The van der Waals surface area contributed by atoms with Crippen molar-refractivity contribution < 1.29 is 24.0 Å². The third kappa shape index (κ3) is 5.02. The minimum absolute atomic E-state index is 0.00177. The molecule has 4 rings (SSSR count). The zero-order valence-electron chi connectivity index (χ0n) is 18.6. The van der Waals surface area contributed by atoms with Gasteiger partial charge in [-0.1, -0.05) is 59.2 Å². The molecule has 4 aromatic rings. The fraction of sp³-hybridized carbons (Fsp3) is 0.200. The molecular formula is C25H22ClN3O5. The van der Waals surface area contributed by atoms with Crippen molar-refractivity contribution >= 4 is 23.5 Å². The minimum atomic E-state index is -1.04. The first-order chi connectivity index (χ1) is 16.3. The molecule has 0 amide bonds. The molecule has 0 aliphatic carbocycles. The number of rotatable bonds is 8. The van der Waals surface area contributed by atoms with Gasteiger partial charge in [0.2, 0.25) is 0 Å². The summed E-state index contributed by atoms with van der Waals surface area (Å²) in [5, 5.41) is 13.8. The van der Waals surface area contributed by atoms with Crippen LogP contribution in [0.2, 0.25) is 5.02 Å². The highest BCUT2D eigenvalue weighted by molar-refractivity contribution is 6.31. The summed E-state index contributed by atoms with van der Waals surface area (Å²) in [6.45, 7) is 3.90. The van der Waals surface area contributed by atoms with E-state index in [0.717, 1.165) is 16.7 Å². The summed E-state index contributed by atoms with van der Waals surface area (Å²) < 4.78 is 12.7. The molecule has 0 aliphatic rings. The molecule has 0 saturated carbocycles. The average molecular weight is 480 g/mol. The fourth-order valence-corrected chi connectivity index (χ4v) is 3.95. The second kappa shape index (κ2) is 9.93. The van der Waals surface area contributed by atoms with Gasteiger partial charge in [-0.2, -0.15) is 0 Å². The van der Waals surface area contributed by atoms with Gasteiger partial charge in [-0.05, 0) is 25.5 Å². The van der Waals surface area contributed by atoms with Crippen LogP contribution in [-0.4, -0.2) is 31.8 Å². The molecule has 9 heteroatoms. The first-order valence-corrected chi connectivity index (χ1v) is 10.9. The van der Waals surface area contributed by atoms with Crippen LogP contribution in [-0.2, 0) is 22.5 Å². The van der Waals surface area contributed by atoms with E-state index < -0.39 is 18.0 Å². The Labute approximate surface area is 200 Å². The van der Waals surface area contributed by atoms with Crippen LogP contribution in [0.25, 0.3) is 11.3 Å². The SMILES string of the molecule is Cc1noc(-c2ccc(Cn3cncc3C(=O)O)cc2)c1CC(=O)OC(C)c1ccccc1Cl. The number of carbonyl (C=O) groups is 2. The minimum Gasteiger partial charge on any atom is -0.477 e. The molecule has 1 unspecified atom stereocenters. The fourth-order valence-electron chi connectivity index (χ4n) is 3.66. The van der Waals surface area contributed by atoms with Gasteiger partial charge in [0.1, 0.15) is 11.8 Å². The van der Waals surface area contributed by atoms with E-state index in [0.29, 0.717) is 28.6 Å². The molecule has 0 saturated heterocycles. The number of carboxylic acid groups (broad SMARTS) is 1. The second-order valence-corrected chi connectivity index (χ2v) is 8.22. The van der Waals surface area contributed by atoms with Crippen LogP contribution in [0, 0.1) is 6.92 Å². The van der Waals surface area contributed by atoms with Crippen molar-refractivity contribution in [3.63, 3.8) is 0 Å². The highest BCUT2D eigenvalue weighted by Gasteiger charge is 2.21. The van der Waals surface area contributed by atoms with E-state index in [9.17, 15) is 14.7 Å². The van der Waals surface area contributed by atoms with E-state index in [1.165, 1.54) is 12.5 Å². The summed E-state index contributed by atoms with van der Waals surface area (Å²) in [5.41, 5.74) is 3.73. The van der Waals surface area contributed by atoms with Crippen molar-refractivity contribution in [3.05, 3.63) is 94.2 Å². The number of aryl methyl sites for hydroxylation is 1. The van der Waals surface area contributed by atoms with Gasteiger partial charge in [0, 0.05) is 28.3 Å². The lowest BCUT2D eigenvalue weighted by Crippen LogP contribution is -2.12. The van der Waals surface area contributed by atoms with Gasteiger partial charge in [0.15, 0.2) is 5.76 Å². The van der Waals surface area contributed by atoms with E-state index in [1.54, 1.807) is 24.5 Å². The molecule has 34 heavy (non-hydrogen) atoms. The standard InChI is InChI=1S/C25H22ClN3O5/c1-15-20(11-23(30)33-16(2)19-5-3-4-6-21(19)26)24(34-28-15)18-9-7-17(8-10-18)13-29-14-27-12-22(29)25(31)32/h3-10,12,14,16H,11,13H2,1-2H3,(H,31,32). The molecule has 174 valence electrons. The molecule has 8 nitrogen and oxygen atoms in total. The summed E-state index contributed by atoms with van der Waals surface area (Å²) >= 11 is 6.21. The van der Waals surface area contributed by atoms with Crippen LogP contribution >= 0.6 is 11.6 Å². The van der Waals surface area contributed by atoms with Crippen molar-refractivity contribution in [1.29, 1.82) is 0 Å². The molecule has 0 spiro atoms. The molecule has 1 N–H and O–H groups in total. The van der Waals surface area contributed by atoms with Crippen molar-refractivity contribution in [2.24, 2.45) is 0 Å². The monoisotopic (exact) mass is 479 g/mol. The summed E-state index contributed by atoms with van der Waals surface area (Å²) in [5.74, 6) is -0.968. The number of carboxylic acids is 1. The van der Waals surface area contributed by atoms with E-state index in [-0.39, 0.29) is 12.1 Å². The first-order valence-electron chi connectivity index (χ1n) is 10.5. The maximum atomic E-state index is 12.7. The maximum Gasteiger partial charge on any atom is 0.354 e. The van der Waals surface area contributed by atoms with Gasteiger partial charge in [0.25, 0.3) is 0 Å². The van der Waals surface area contributed by atoms with Gasteiger partial charge in [-0.3, -0.25) is 4.79 Å². The van der Waals surface area contributed by atoms with Crippen LogP contribution in [0.15, 0.2) is 65.6 Å². The number of halogens is 1. The van der Waals surface area contributed by atoms with Crippen molar-refractivity contribution in [2.45, 2.75) is 32.9 Å². The summed E-state index contributed by atoms with van der Waals surface area (Å²) in [6, 6.07) is 14.6. The van der Waals surface area contributed by atoms with Gasteiger partial charge < -0.3 is 18.9 Å². The molecule has 1 atom stereocenters. The predicted octanol–water partition coefficient (Wildman–Crippen LogP) is 5.09. The topological polar surface area (TPSA) is 107 Å². The Morgan fingerprint density at radius 1 is 1.18 bits per heavy atom. The largest absolute Gasteiger partial charge is 0.477 e.